The van der Waals surface area contributed by atoms with Crippen LogP contribution in [0.5, 0.6) is 0 Å². The van der Waals surface area contributed by atoms with Crippen LogP contribution < -0.4 is 5.32 Å². The third-order valence-electron chi connectivity index (χ3n) is 3.64. The highest BCUT2D eigenvalue weighted by molar-refractivity contribution is 5.50. The van der Waals surface area contributed by atoms with Gasteiger partial charge in [0.05, 0.1) is 0 Å². The molecule has 1 atom stereocenters. The van der Waals surface area contributed by atoms with Gasteiger partial charge in [0.1, 0.15) is 6.29 Å². The maximum absolute atomic E-state index is 10.6. The quantitative estimate of drug-likeness (QED) is 0.495. The van der Waals surface area contributed by atoms with E-state index in [2.05, 4.69) is 17.1 Å². The second-order valence-electron chi connectivity index (χ2n) is 5.06. The largest absolute Gasteiger partial charge is 0.314 e. The predicted molar refractivity (Wildman–Crippen MR) is 72.3 cm³/mol. The van der Waals surface area contributed by atoms with Crippen LogP contribution in [-0.4, -0.2) is 43.4 Å². The second-order valence-corrected chi connectivity index (χ2v) is 5.06. The molecule has 1 rings (SSSR count). The number of carbonyl (C=O) groups is 1. The molecule has 3 nitrogen and oxygen atoms in total. The van der Waals surface area contributed by atoms with Gasteiger partial charge in [0.15, 0.2) is 0 Å². The van der Waals surface area contributed by atoms with Crippen molar-refractivity contribution in [2.75, 3.05) is 26.2 Å². The summed E-state index contributed by atoms with van der Waals surface area (Å²) in [6.45, 7) is 6.59. The van der Waals surface area contributed by atoms with E-state index in [0.29, 0.717) is 12.5 Å². The molecule has 17 heavy (non-hydrogen) atoms. The van der Waals surface area contributed by atoms with E-state index in [4.69, 9.17) is 0 Å². The van der Waals surface area contributed by atoms with Crippen LogP contribution >= 0.6 is 0 Å². The first kappa shape index (κ1) is 14.7. The lowest BCUT2D eigenvalue weighted by Gasteiger charge is -2.35. The average molecular weight is 240 g/mol. The third kappa shape index (κ3) is 6.18. The van der Waals surface area contributed by atoms with Crippen LogP contribution in [0.3, 0.4) is 0 Å². The molecule has 0 radical (unpaired) electrons. The fourth-order valence-electron chi connectivity index (χ4n) is 2.54. The molecule has 1 heterocycles. The van der Waals surface area contributed by atoms with Gasteiger partial charge in [-0.15, -0.1) is 0 Å². The molecule has 0 spiro atoms. The molecular weight excluding hydrogens is 212 g/mol. The number of hydrogen-bond acceptors (Lipinski definition) is 3. The van der Waals surface area contributed by atoms with Gasteiger partial charge in [-0.1, -0.05) is 39.0 Å². The van der Waals surface area contributed by atoms with E-state index in [1.54, 1.807) is 0 Å². The SMILES string of the molecule is CCCCCCCCN1CCNCC1CC=O. The standard InChI is InChI=1S/C14H28N2O/c1-2-3-4-5-6-7-10-16-11-9-15-13-14(16)8-12-17/h12,14-15H,2-11,13H2,1H3. The third-order valence-corrected chi connectivity index (χ3v) is 3.64. The van der Waals surface area contributed by atoms with Crippen LogP contribution in [0.2, 0.25) is 0 Å². The van der Waals surface area contributed by atoms with Crippen LogP contribution in [0.25, 0.3) is 0 Å². The summed E-state index contributed by atoms with van der Waals surface area (Å²) in [4.78, 5) is 13.1. The van der Waals surface area contributed by atoms with E-state index in [1.165, 1.54) is 45.1 Å². The lowest BCUT2D eigenvalue weighted by atomic mass is 10.1. The molecule has 1 aliphatic heterocycles. The Hall–Kier alpha value is -0.410. The van der Waals surface area contributed by atoms with Gasteiger partial charge in [0.2, 0.25) is 0 Å². The van der Waals surface area contributed by atoms with E-state index in [0.717, 1.165) is 25.9 Å². The maximum Gasteiger partial charge on any atom is 0.121 e. The van der Waals surface area contributed by atoms with E-state index in [9.17, 15) is 4.79 Å². The zero-order chi connectivity index (χ0) is 12.3. The first-order valence-electron chi connectivity index (χ1n) is 7.27. The number of aldehydes is 1. The summed E-state index contributed by atoms with van der Waals surface area (Å²) in [6, 6.07) is 0.442. The molecule has 0 bridgehead atoms. The van der Waals surface area contributed by atoms with Crippen LogP contribution in [-0.2, 0) is 4.79 Å². The number of nitrogens with zero attached hydrogens (tertiary/aromatic N) is 1. The Morgan fingerprint density at radius 2 is 2.00 bits per heavy atom. The average Bonchev–Trinajstić information content (AvgIpc) is 2.36. The number of carbonyl (C=O) groups excluding carboxylic acids is 1. The molecule has 0 aromatic carbocycles. The molecule has 1 aliphatic rings. The lowest BCUT2D eigenvalue weighted by molar-refractivity contribution is -0.109. The molecule has 1 fully saturated rings. The summed E-state index contributed by atoms with van der Waals surface area (Å²) in [6.07, 6.45) is 9.83. The number of unbranched alkanes of at least 4 members (excludes halogenated alkanes) is 5. The Bertz CT molecular complexity index is 197. The van der Waals surface area contributed by atoms with Gasteiger partial charge in [0.25, 0.3) is 0 Å². The fourth-order valence-corrected chi connectivity index (χ4v) is 2.54. The van der Waals surface area contributed by atoms with E-state index >= 15 is 0 Å². The molecule has 0 aliphatic carbocycles. The Balaban J connectivity index is 2.08. The van der Waals surface area contributed by atoms with Crippen molar-refractivity contribution < 1.29 is 4.79 Å². The molecule has 3 heteroatoms. The van der Waals surface area contributed by atoms with Gasteiger partial charge < -0.3 is 10.1 Å². The Labute approximate surface area is 106 Å². The molecule has 0 aromatic heterocycles. The normalized spacial score (nSPS) is 21.6. The summed E-state index contributed by atoms with van der Waals surface area (Å²) in [5.74, 6) is 0. The highest BCUT2D eigenvalue weighted by Crippen LogP contribution is 2.10. The summed E-state index contributed by atoms with van der Waals surface area (Å²) in [5.41, 5.74) is 0. The summed E-state index contributed by atoms with van der Waals surface area (Å²) in [5, 5.41) is 3.37. The first-order chi connectivity index (χ1) is 8.38. The van der Waals surface area contributed by atoms with Crippen molar-refractivity contribution in [2.24, 2.45) is 0 Å². The van der Waals surface area contributed by atoms with Crippen LogP contribution in [0.4, 0.5) is 0 Å². The van der Waals surface area contributed by atoms with Crippen molar-refractivity contribution in [3.05, 3.63) is 0 Å². The maximum atomic E-state index is 10.6. The molecule has 0 amide bonds. The monoisotopic (exact) mass is 240 g/mol. The summed E-state index contributed by atoms with van der Waals surface area (Å²) < 4.78 is 0. The minimum absolute atomic E-state index is 0.442. The zero-order valence-corrected chi connectivity index (χ0v) is 11.3. The lowest BCUT2D eigenvalue weighted by Crippen LogP contribution is -2.51. The van der Waals surface area contributed by atoms with Gasteiger partial charge in [-0.3, -0.25) is 4.90 Å². The Morgan fingerprint density at radius 3 is 2.76 bits per heavy atom. The first-order valence-corrected chi connectivity index (χ1v) is 7.27. The number of hydrogen-bond donors (Lipinski definition) is 1. The minimum Gasteiger partial charge on any atom is -0.314 e. The second kappa shape index (κ2) is 9.60. The van der Waals surface area contributed by atoms with Gasteiger partial charge in [-0.25, -0.2) is 0 Å². The number of rotatable bonds is 9. The fraction of sp³-hybridized carbons (Fsp3) is 0.929. The topological polar surface area (TPSA) is 32.3 Å². The summed E-state index contributed by atoms with van der Waals surface area (Å²) in [7, 11) is 0. The molecule has 100 valence electrons. The van der Waals surface area contributed by atoms with Crippen molar-refractivity contribution >= 4 is 6.29 Å². The van der Waals surface area contributed by atoms with Crippen molar-refractivity contribution in [3.63, 3.8) is 0 Å². The molecular formula is C14H28N2O. The highest BCUT2D eigenvalue weighted by atomic mass is 16.1. The van der Waals surface area contributed by atoms with Crippen LogP contribution in [0, 0.1) is 0 Å². The van der Waals surface area contributed by atoms with Crippen molar-refractivity contribution in [1.29, 1.82) is 0 Å². The van der Waals surface area contributed by atoms with Crippen LogP contribution in [0.15, 0.2) is 0 Å². The molecule has 1 unspecified atom stereocenters. The molecule has 0 saturated carbocycles. The van der Waals surface area contributed by atoms with Gasteiger partial charge in [0, 0.05) is 32.1 Å². The molecule has 1 saturated heterocycles. The smallest absolute Gasteiger partial charge is 0.121 e. The van der Waals surface area contributed by atoms with Gasteiger partial charge in [-0.05, 0) is 13.0 Å². The zero-order valence-electron chi connectivity index (χ0n) is 11.3. The highest BCUT2D eigenvalue weighted by Gasteiger charge is 2.20. The van der Waals surface area contributed by atoms with Crippen molar-refractivity contribution in [2.45, 2.75) is 57.9 Å². The van der Waals surface area contributed by atoms with E-state index in [-0.39, 0.29) is 0 Å². The number of nitrogens with one attached hydrogen (secondary N) is 1. The van der Waals surface area contributed by atoms with Crippen LogP contribution in [0.1, 0.15) is 51.9 Å². The van der Waals surface area contributed by atoms with Crippen molar-refractivity contribution in [1.82, 2.24) is 10.2 Å². The Kier molecular flexibility index (Phi) is 8.28. The minimum atomic E-state index is 0.442. The molecule has 0 aromatic rings. The van der Waals surface area contributed by atoms with Gasteiger partial charge in [-0.2, -0.15) is 0 Å². The van der Waals surface area contributed by atoms with Crippen molar-refractivity contribution in [3.8, 4) is 0 Å². The predicted octanol–water partition coefficient (Wildman–Crippen LogP) is 2.21. The number of piperazine rings is 1. The summed E-state index contributed by atoms with van der Waals surface area (Å²) >= 11 is 0. The van der Waals surface area contributed by atoms with E-state index in [1.807, 2.05) is 0 Å². The molecule has 1 N–H and O–H groups in total. The van der Waals surface area contributed by atoms with Gasteiger partial charge >= 0.3 is 0 Å². The van der Waals surface area contributed by atoms with E-state index < -0.39 is 0 Å². The Morgan fingerprint density at radius 1 is 1.24 bits per heavy atom.